The highest BCUT2D eigenvalue weighted by molar-refractivity contribution is 5.92. The number of ether oxygens (including phenoxy) is 4. The second-order valence-electron chi connectivity index (χ2n) is 5.47. The minimum absolute atomic E-state index is 0.0554. The van der Waals surface area contributed by atoms with Gasteiger partial charge in [-0.15, -0.1) is 13.2 Å². The Hall–Kier alpha value is -2.85. The predicted molar refractivity (Wildman–Crippen MR) is 91.8 cm³/mol. The molecule has 0 saturated heterocycles. The fourth-order valence-corrected chi connectivity index (χ4v) is 2.10. The molecule has 152 valence electrons. The number of halogens is 3. The van der Waals surface area contributed by atoms with Gasteiger partial charge in [0.1, 0.15) is 23.8 Å². The summed E-state index contributed by atoms with van der Waals surface area (Å²) in [7, 11) is 2.91. The molecule has 2 aromatic rings. The number of nitrogens with zero attached hydrogens (tertiary/aromatic N) is 1. The number of carbonyl (C=O) groups excluding carboxylic acids is 1. The first-order chi connectivity index (χ1) is 13.3. The van der Waals surface area contributed by atoms with Gasteiger partial charge in [-0.3, -0.25) is 9.78 Å². The Balaban J connectivity index is 1.89. The molecular weight excluding hydrogens is 381 g/mol. The number of benzene rings is 1. The number of alkyl halides is 3. The first kappa shape index (κ1) is 21.5. The number of hydrogen-bond acceptors (Lipinski definition) is 6. The van der Waals surface area contributed by atoms with Crippen molar-refractivity contribution in [1.82, 2.24) is 10.3 Å². The Morgan fingerprint density at radius 2 is 1.86 bits per heavy atom. The zero-order valence-electron chi connectivity index (χ0n) is 15.2. The molecule has 0 unspecified atom stereocenters. The predicted octanol–water partition coefficient (Wildman–Crippen LogP) is 2.91. The smallest absolute Gasteiger partial charge is 0.489 e. The lowest BCUT2D eigenvalue weighted by Crippen LogP contribution is -2.34. The van der Waals surface area contributed by atoms with Gasteiger partial charge in [-0.2, -0.15) is 0 Å². The Labute approximate surface area is 159 Å². The molecule has 1 aromatic carbocycles. The minimum atomic E-state index is -4.77. The fourth-order valence-electron chi connectivity index (χ4n) is 2.10. The van der Waals surface area contributed by atoms with Crippen molar-refractivity contribution in [2.75, 3.05) is 20.8 Å². The monoisotopic (exact) mass is 400 g/mol. The number of aromatic nitrogens is 1. The van der Waals surface area contributed by atoms with Crippen LogP contribution in [0.5, 0.6) is 11.5 Å². The zero-order chi connectivity index (χ0) is 20.6. The third kappa shape index (κ3) is 7.05. The highest BCUT2D eigenvalue weighted by atomic mass is 19.4. The molecule has 1 amide bonds. The molecule has 1 aromatic heterocycles. The van der Waals surface area contributed by atoms with Gasteiger partial charge in [-0.05, 0) is 18.2 Å². The number of carbonyl (C=O) groups is 1. The third-order valence-electron chi connectivity index (χ3n) is 3.46. The molecule has 0 atom stereocenters. The van der Waals surface area contributed by atoms with E-state index >= 15 is 0 Å². The Morgan fingerprint density at radius 1 is 1.14 bits per heavy atom. The average molecular weight is 400 g/mol. The van der Waals surface area contributed by atoms with Gasteiger partial charge in [0, 0.05) is 32.0 Å². The van der Waals surface area contributed by atoms with Gasteiger partial charge in [-0.1, -0.05) is 12.1 Å². The standard InChI is InChI=1S/C18H19F3N2O5/c1-25-16(26-2)10-23-17(24)15-7-6-12(9-22-15)11-27-13-4-3-5-14(8-13)28-18(19,20)21/h3-9,16H,10-11H2,1-2H3,(H,23,24). The number of hydrogen-bond donors (Lipinski definition) is 1. The van der Waals surface area contributed by atoms with Crippen LogP contribution >= 0.6 is 0 Å². The molecule has 0 aliphatic heterocycles. The first-order valence-corrected chi connectivity index (χ1v) is 8.08. The molecular formula is C18H19F3N2O5. The number of rotatable bonds is 9. The Morgan fingerprint density at radius 3 is 2.46 bits per heavy atom. The number of methoxy groups -OCH3 is 2. The molecule has 0 radical (unpaired) electrons. The topological polar surface area (TPSA) is 78.9 Å². The van der Waals surface area contributed by atoms with E-state index in [1.807, 2.05) is 0 Å². The van der Waals surface area contributed by atoms with Gasteiger partial charge in [0.2, 0.25) is 0 Å². The maximum atomic E-state index is 12.2. The molecule has 0 spiro atoms. The van der Waals surface area contributed by atoms with Gasteiger partial charge < -0.3 is 24.3 Å². The minimum Gasteiger partial charge on any atom is -0.489 e. The fraction of sp³-hybridized carbons (Fsp3) is 0.333. The van der Waals surface area contributed by atoms with E-state index in [-0.39, 0.29) is 30.3 Å². The van der Waals surface area contributed by atoms with E-state index in [0.717, 1.165) is 6.07 Å². The number of amides is 1. The Bertz CT molecular complexity index is 765. The average Bonchev–Trinajstić information content (AvgIpc) is 2.66. The van der Waals surface area contributed by atoms with E-state index in [1.165, 1.54) is 44.7 Å². The summed E-state index contributed by atoms with van der Waals surface area (Å²) in [6.45, 7) is 0.217. The summed E-state index contributed by atoms with van der Waals surface area (Å²) < 4.78 is 56.0. The van der Waals surface area contributed by atoms with Crippen molar-refractivity contribution in [3.8, 4) is 11.5 Å². The quantitative estimate of drug-likeness (QED) is 0.652. The van der Waals surface area contributed by atoms with Crippen molar-refractivity contribution in [2.45, 2.75) is 19.3 Å². The highest BCUT2D eigenvalue weighted by Crippen LogP contribution is 2.26. The van der Waals surface area contributed by atoms with E-state index in [9.17, 15) is 18.0 Å². The van der Waals surface area contributed by atoms with Crippen LogP contribution in [0.25, 0.3) is 0 Å². The van der Waals surface area contributed by atoms with E-state index in [1.54, 1.807) is 6.07 Å². The van der Waals surface area contributed by atoms with Crippen LogP contribution in [0.15, 0.2) is 42.6 Å². The van der Waals surface area contributed by atoms with Crippen LogP contribution in [0.3, 0.4) is 0 Å². The van der Waals surface area contributed by atoms with Gasteiger partial charge in [0.15, 0.2) is 6.29 Å². The van der Waals surface area contributed by atoms with E-state index in [4.69, 9.17) is 14.2 Å². The second kappa shape index (κ2) is 9.90. The molecule has 0 aliphatic carbocycles. The van der Waals surface area contributed by atoms with Crippen LogP contribution in [0.1, 0.15) is 16.1 Å². The van der Waals surface area contributed by atoms with Crippen LogP contribution in [-0.2, 0) is 16.1 Å². The van der Waals surface area contributed by atoms with Crippen LogP contribution in [0.4, 0.5) is 13.2 Å². The van der Waals surface area contributed by atoms with E-state index in [0.29, 0.717) is 5.56 Å². The first-order valence-electron chi connectivity index (χ1n) is 8.08. The SMILES string of the molecule is COC(CNC(=O)c1ccc(COc2cccc(OC(F)(F)F)c2)cn1)OC. The zero-order valence-corrected chi connectivity index (χ0v) is 15.2. The van der Waals surface area contributed by atoms with Crippen molar-refractivity contribution in [3.05, 3.63) is 53.9 Å². The van der Waals surface area contributed by atoms with Gasteiger partial charge >= 0.3 is 6.36 Å². The van der Waals surface area contributed by atoms with Crippen LogP contribution in [-0.4, -0.2) is 44.3 Å². The molecule has 2 rings (SSSR count). The maximum Gasteiger partial charge on any atom is 0.573 e. The highest BCUT2D eigenvalue weighted by Gasteiger charge is 2.31. The van der Waals surface area contributed by atoms with Gasteiger partial charge in [-0.25, -0.2) is 0 Å². The summed E-state index contributed by atoms with van der Waals surface area (Å²) in [6, 6.07) is 8.32. The number of nitrogens with one attached hydrogen (secondary N) is 1. The summed E-state index contributed by atoms with van der Waals surface area (Å²) in [5.41, 5.74) is 0.820. The molecule has 7 nitrogen and oxygen atoms in total. The number of pyridine rings is 1. The van der Waals surface area contributed by atoms with Gasteiger partial charge in [0.25, 0.3) is 5.91 Å². The van der Waals surface area contributed by atoms with Crippen molar-refractivity contribution in [2.24, 2.45) is 0 Å². The van der Waals surface area contributed by atoms with Crippen molar-refractivity contribution < 1.29 is 36.9 Å². The third-order valence-corrected chi connectivity index (χ3v) is 3.46. The lowest BCUT2D eigenvalue weighted by atomic mass is 10.2. The summed E-state index contributed by atoms with van der Waals surface area (Å²) in [5, 5.41) is 2.61. The molecule has 0 saturated carbocycles. The van der Waals surface area contributed by atoms with Crippen molar-refractivity contribution in [3.63, 3.8) is 0 Å². The summed E-state index contributed by atoms with van der Waals surface area (Å²) in [5.74, 6) is -0.571. The molecule has 28 heavy (non-hydrogen) atoms. The lowest BCUT2D eigenvalue weighted by molar-refractivity contribution is -0.274. The van der Waals surface area contributed by atoms with Crippen LogP contribution in [0, 0.1) is 0 Å². The summed E-state index contributed by atoms with van der Waals surface area (Å²) in [6.07, 6.45) is -3.89. The second-order valence-corrected chi connectivity index (χ2v) is 5.47. The molecule has 0 aliphatic rings. The summed E-state index contributed by atoms with van der Waals surface area (Å²) >= 11 is 0. The normalized spacial score (nSPS) is 11.4. The molecule has 1 N–H and O–H groups in total. The van der Waals surface area contributed by atoms with Crippen LogP contribution in [0.2, 0.25) is 0 Å². The molecule has 0 bridgehead atoms. The van der Waals surface area contributed by atoms with E-state index in [2.05, 4.69) is 15.0 Å². The van der Waals surface area contributed by atoms with Gasteiger partial charge in [0.05, 0.1) is 6.54 Å². The van der Waals surface area contributed by atoms with Crippen LogP contribution < -0.4 is 14.8 Å². The molecule has 1 heterocycles. The summed E-state index contributed by atoms with van der Waals surface area (Å²) in [4.78, 5) is 16.0. The lowest BCUT2D eigenvalue weighted by Gasteiger charge is -2.14. The van der Waals surface area contributed by atoms with E-state index < -0.39 is 18.6 Å². The molecule has 0 fully saturated rings. The molecule has 10 heteroatoms. The largest absolute Gasteiger partial charge is 0.573 e. The Kier molecular flexibility index (Phi) is 7.59. The van der Waals surface area contributed by atoms with Crippen molar-refractivity contribution >= 4 is 5.91 Å². The van der Waals surface area contributed by atoms with Crippen molar-refractivity contribution in [1.29, 1.82) is 0 Å². The maximum absolute atomic E-state index is 12.2.